The lowest BCUT2D eigenvalue weighted by molar-refractivity contribution is -0.118. The van der Waals surface area contributed by atoms with E-state index in [2.05, 4.69) is 0 Å². The lowest BCUT2D eigenvalue weighted by atomic mass is 10.1. The van der Waals surface area contributed by atoms with Crippen LogP contribution in [0.1, 0.15) is 29.4 Å². The second-order valence-corrected chi connectivity index (χ2v) is 1.86. The number of carbonyl (C=O) groups is 1. The van der Waals surface area contributed by atoms with E-state index in [1.165, 1.54) is 6.92 Å². The van der Waals surface area contributed by atoms with Gasteiger partial charge in [0.2, 0.25) is 5.91 Å². The summed E-state index contributed by atoms with van der Waals surface area (Å²) in [5.41, 5.74) is 4.88. The fourth-order valence-electron chi connectivity index (χ4n) is 0.404. The predicted octanol–water partition coefficient (Wildman–Crippen LogP) is 0.908. The highest BCUT2D eigenvalue weighted by molar-refractivity contribution is 5.73. The van der Waals surface area contributed by atoms with E-state index in [1.54, 1.807) is 6.92 Å². The molecule has 0 heterocycles. The normalized spacial score (nSPS) is 18.8. The Balaban J connectivity index is 3.85. The van der Waals surface area contributed by atoms with Gasteiger partial charge < -0.3 is 5.73 Å². The minimum Gasteiger partial charge on any atom is -0.370 e. The summed E-state index contributed by atoms with van der Waals surface area (Å²) in [6.07, 6.45) is -1.20. The van der Waals surface area contributed by atoms with E-state index in [0.29, 0.717) is 0 Å². The van der Waals surface area contributed by atoms with Crippen molar-refractivity contribution in [3.63, 3.8) is 0 Å². The Morgan fingerprint density at radius 2 is 2.50 bits per heavy atom. The molecule has 1 unspecified atom stereocenters. The maximum atomic E-state index is 10.3. The first-order valence-corrected chi connectivity index (χ1v) is 2.62. The Kier molecular flexibility index (Phi) is 1.89. The third kappa shape index (κ3) is 3.65. The molecule has 0 saturated heterocycles. The molecule has 0 saturated carbocycles. The third-order valence-corrected chi connectivity index (χ3v) is 1.00. The zero-order valence-electron chi connectivity index (χ0n) is 7.27. The summed E-state index contributed by atoms with van der Waals surface area (Å²) in [7, 11) is 0. The lowest BCUT2D eigenvalue weighted by Gasteiger charge is -2.01. The molecule has 0 aromatic rings. The summed E-state index contributed by atoms with van der Waals surface area (Å²) in [6.45, 7) is 3.12. The Bertz CT molecular complexity index is 130. The molecule has 0 fully saturated rings. The summed E-state index contributed by atoms with van der Waals surface area (Å²) in [5, 5.41) is 0. The van der Waals surface area contributed by atoms with Crippen LogP contribution in [0.15, 0.2) is 0 Å². The monoisotopic (exact) mass is 117 g/mol. The third-order valence-electron chi connectivity index (χ3n) is 1.00. The van der Waals surface area contributed by atoms with Gasteiger partial charge >= 0.3 is 0 Å². The molecule has 2 heteroatoms. The number of amides is 1. The van der Waals surface area contributed by atoms with E-state index in [9.17, 15) is 4.79 Å². The van der Waals surface area contributed by atoms with Crippen molar-refractivity contribution in [1.29, 1.82) is 0 Å². The largest absolute Gasteiger partial charge is 0.370 e. The zero-order chi connectivity index (χ0) is 8.36. The second-order valence-electron chi connectivity index (χ2n) is 1.86. The van der Waals surface area contributed by atoms with Crippen molar-refractivity contribution in [2.45, 2.75) is 26.6 Å². The standard InChI is InChI=1S/C6H13NO/c1-3-5(2)4-6(7)8/h5H,3-4H2,1-2H3,(H2,7,8)/i3D2. The topological polar surface area (TPSA) is 43.1 Å². The molecule has 0 radical (unpaired) electrons. The van der Waals surface area contributed by atoms with Gasteiger partial charge in [0, 0.05) is 9.16 Å². The zero-order valence-corrected chi connectivity index (χ0v) is 5.27. The Morgan fingerprint density at radius 3 is 2.62 bits per heavy atom. The number of hydrogen-bond donors (Lipinski definition) is 1. The number of hydrogen-bond acceptors (Lipinski definition) is 1. The van der Waals surface area contributed by atoms with Gasteiger partial charge in [0.15, 0.2) is 0 Å². The molecule has 0 aromatic heterocycles. The van der Waals surface area contributed by atoms with Crippen molar-refractivity contribution in [1.82, 2.24) is 0 Å². The second kappa shape index (κ2) is 3.47. The van der Waals surface area contributed by atoms with E-state index in [0.717, 1.165) is 0 Å². The summed E-state index contributed by atoms with van der Waals surface area (Å²) >= 11 is 0. The van der Waals surface area contributed by atoms with Crippen LogP contribution in [0.2, 0.25) is 0 Å². The molecule has 0 aliphatic heterocycles. The molecule has 48 valence electrons. The van der Waals surface area contributed by atoms with Crippen LogP contribution >= 0.6 is 0 Å². The minimum absolute atomic E-state index is 0.115. The van der Waals surface area contributed by atoms with E-state index >= 15 is 0 Å². The average molecular weight is 117 g/mol. The van der Waals surface area contributed by atoms with Gasteiger partial charge in [-0.3, -0.25) is 4.79 Å². The molecule has 1 atom stereocenters. The average Bonchev–Trinajstić information content (AvgIpc) is 1.60. The van der Waals surface area contributed by atoms with Crippen molar-refractivity contribution in [3.05, 3.63) is 0 Å². The van der Waals surface area contributed by atoms with Gasteiger partial charge in [-0.2, -0.15) is 0 Å². The lowest BCUT2D eigenvalue weighted by Crippen LogP contribution is -2.13. The fourth-order valence-corrected chi connectivity index (χ4v) is 0.404. The highest BCUT2D eigenvalue weighted by Crippen LogP contribution is 2.03. The Morgan fingerprint density at radius 1 is 2.00 bits per heavy atom. The number of primary amides is 1. The van der Waals surface area contributed by atoms with Crippen molar-refractivity contribution in [2.24, 2.45) is 11.7 Å². The van der Waals surface area contributed by atoms with Crippen LogP contribution in [0.3, 0.4) is 0 Å². The van der Waals surface area contributed by atoms with Crippen LogP contribution in [0.25, 0.3) is 0 Å². The van der Waals surface area contributed by atoms with Crippen LogP contribution in [-0.2, 0) is 4.79 Å². The maximum absolute atomic E-state index is 10.3. The summed E-state index contributed by atoms with van der Waals surface area (Å²) < 4.78 is 14.4. The fraction of sp³-hybridized carbons (Fsp3) is 0.833. The van der Waals surface area contributed by atoms with Crippen LogP contribution in [0, 0.1) is 5.92 Å². The highest BCUT2D eigenvalue weighted by atomic mass is 16.1. The Labute approximate surface area is 52.9 Å². The molecule has 0 bridgehead atoms. The molecule has 0 aromatic carbocycles. The number of nitrogens with two attached hydrogens (primary N) is 1. The molecular weight excluding hydrogens is 102 g/mol. The minimum atomic E-state index is -1.31. The van der Waals surface area contributed by atoms with E-state index in [1.807, 2.05) is 0 Å². The number of rotatable bonds is 3. The first-order chi connectivity index (χ1) is 4.34. The molecule has 1 amide bonds. The van der Waals surface area contributed by atoms with E-state index in [4.69, 9.17) is 8.48 Å². The van der Waals surface area contributed by atoms with Gasteiger partial charge in [-0.1, -0.05) is 20.2 Å². The molecule has 0 rings (SSSR count). The van der Waals surface area contributed by atoms with Gasteiger partial charge in [-0.25, -0.2) is 0 Å². The van der Waals surface area contributed by atoms with Gasteiger partial charge in [-0.15, -0.1) is 0 Å². The predicted molar refractivity (Wildman–Crippen MR) is 33.3 cm³/mol. The van der Waals surface area contributed by atoms with Crippen molar-refractivity contribution in [3.8, 4) is 0 Å². The van der Waals surface area contributed by atoms with Crippen molar-refractivity contribution >= 4 is 5.91 Å². The molecule has 2 N–H and O–H groups in total. The van der Waals surface area contributed by atoms with Gasteiger partial charge in [0.1, 0.15) is 0 Å². The SMILES string of the molecule is [2H]C([2H])(C)C(C)CC(N)=O. The summed E-state index contributed by atoms with van der Waals surface area (Å²) in [4.78, 5) is 10.3. The molecule has 0 aliphatic carbocycles. The van der Waals surface area contributed by atoms with Crippen molar-refractivity contribution in [2.75, 3.05) is 0 Å². The molecule has 2 nitrogen and oxygen atoms in total. The summed E-state index contributed by atoms with van der Waals surface area (Å²) in [5.74, 6) is -0.747. The summed E-state index contributed by atoms with van der Waals surface area (Å²) in [6, 6.07) is 0. The van der Waals surface area contributed by atoms with Gasteiger partial charge in [0.05, 0.1) is 0 Å². The first kappa shape index (κ1) is 4.36. The van der Waals surface area contributed by atoms with E-state index in [-0.39, 0.29) is 12.3 Å². The highest BCUT2D eigenvalue weighted by Gasteiger charge is 2.00. The molecule has 8 heavy (non-hydrogen) atoms. The number of carbonyl (C=O) groups excluding carboxylic acids is 1. The molecule has 0 spiro atoms. The molecule has 0 aliphatic rings. The van der Waals surface area contributed by atoms with E-state index < -0.39 is 12.3 Å². The van der Waals surface area contributed by atoms with Crippen LogP contribution in [-0.4, -0.2) is 5.91 Å². The smallest absolute Gasteiger partial charge is 0.217 e. The van der Waals surface area contributed by atoms with Crippen LogP contribution in [0.4, 0.5) is 0 Å². The van der Waals surface area contributed by atoms with Gasteiger partial charge in [-0.05, 0) is 5.92 Å². The Hall–Kier alpha value is -0.530. The van der Waals surface area contributed by atoms with Crippen LogP contribution < -0.4 is 5.73 Å². The maximum Gasteiger partial charge on any atom is 0.217 e. The quantitative estimate of drug-likeness (QED) is 0.586. The van der Waals surface area contributed by atoms with Crippen LogP contribution in [0.5, 0.6) is 0 Å². The first-order valence-electron chi connectivity index (χ1n) is 3.62. The van der Waals surface area contributed by atoms with Crippen molar-refractivity contribution < 1.29 is 7.54 Å². The molecular formula is C6H13NO. The van der Waals surface area contributed by atoms with Gasteiger partial charge in [0.25, 0.3) is 0 Å².